The SMILES string of the molecule is CCOc1ccc(N2C(=O)NC(=O)/C(=C/c3cc4c(cc3C)N(CC)C(C)(C)C=C4C)C2=O)cc1. The number of urea groups is 1. The van der Waals surface area contributed by atoms with Crippen LogP contribution in [0.4, 0.5) is 16.2 Å². The van der Waals surface area contributed by atoms with Gasteiger partial charge in [0.15, 0.2) is 0 Å². The van der Waals surface area contributed by atoms with Gasteiger partial charge in [-0.15, -0.1) is 0 Å². The number of barbiturate groups is 1. The molecule has 7 heteroatoms. The number of anilines is 2. The van der Waals surface area contributed by atoms with Crippen molar-refractivity contribution < 1.29 is 19.1 Å². The topological polar surface area (TPSA) is 79.0 Å². The number of carbonyl (C=O) groups excluding carboxylic acids is 3. The largest absolute Gasteiger partial charge is 0.494 e. The Balaban J connectivity index is 1.75. The first-order valence-corrected chi connectivity index (χ1v) is 11.8. The van der Waals surface area contributed by atoms with Crippen molar-refractivity contribution in [2.24, 2.45) is 0 Å². The van der Waals surface area contributed by atoms with Gasteiger partial charge in [0.2, 0.25) is 0 Å². The number of benzene rings is 2. The molecular weight excluding hydrogens is 442 g/mol. The van der Waals surface area contributed by atoms with Crippen LogP contribution in [-0.2, 0) is 9.59 Å². The minimum absolute atomic E-state index is 0.0911. The molecule has 0 atom stereocenters. The van der Waals surface area contributed by atoms with Crippen molar-refractivity contribution in [2.45, 2.75) is 47.1 Å². The zero-order chi connectivity index (χ0) is 25.5. The Hall–Kier alpha value is -3.87. The lowest BCUT2D eigenvalue weighted by molar-refractivity contribution is -0.122. The third kappa shape index (κ3) is 4.34. The molecular formula is C28H31N3O4. The highest BCUT2D eigenvalue weighted by Gasteiger charge is 2.37. The maximum atomic E-state index is 13.3. The molecule has 35 heavy (non-hydrogen) atoms. The zero-order valence-electron chi connectivity index (χ0n) is 21.1. The van der Waals surface area contributed by atoms with Gasteiger partial charge in [-0.2, -0.15) is 0 Å². The highest BCUT2D eigenvalue weighted by molar-refractivity contribution is 6.39. The normalized spacial score (nSPS) is 18.4. The monoisotopic (exact) mass is 473 g/mol. The molecule has 4 rings (SSSR count). The number of fused-ring (bicyclic) bond motifs is 1. The molecule has 2 aliphatic rings. The molecule has 0 radical (unpaired) electrons. The smallest absolute Gasteiger partial charge is 0.335 e. The predicted molar refractivity (Wildman–Crippen MR) is 139 cm³/mol. The molecule has 2 aliphatic heterocycles. The number of allylic oxidation sites excluding steroid dienone is 1. The maximum Gasteiger partial charge on any atom is 0.335 e. The minimum atomic E-state index is -0.775. The summed E-state index contributed by atoms with van der Waals surface area (Å²) in [6, 6.07) is 9.95. The minimum Gasteiger partial charge on any atom is -0.494 e. The van der Waals surface area contributed by atoms with Gasteiger partial charge in [0.05, 0.1) is 17.8 Å². The molecule has 1 fully saturated rings. The van der Waals surface area contributed by atoms with E-state index in [9.17, 15) is 14.4 Å². The van der Waals surface area contributed by atoms with E-state index >= 15 is 0 Å². The molecule has 2 aromatic rings. The summed E-state index contributed by atoms with van der Waals surface area (Å²) in [6.07, 6.45) is 3.81. The summed E-state index contributed by atoms with van der Waals surface area (Å²) in [5.41, 5.74) is 5.17. The molecule has 0 bridgehead atoms. The van der Waals surface area contributed by atoms with Crippen LogP contribution in [0.25, 0.3) is 11.6 Å². The summed E-state index contributed by atoms with van der Waals surface area (Å²) in [5.74, 6) is -0.739. The molecule has 2 heterocycles. The lowest BCUT2D eigenvalue weighted by atomic mass is 9.86. The first-order chi connectivity index (χ1) is 16.6. The van der Waals surface area contributed by atoms with Crippen molar-refractivity contribution in [3.05, 3.63) is 64.7 Å². The van der Waals surface area contributed by atoms with Crippen molar-refractivity contribution >= 4 is 40.9 Å². The van der Waals surface area contributed by atoms with Gasteiger partial charge in [0, 0.05) is 17.8 Å². The Morgan fingerprint density at radius 2 is 1.71 bits per heavy atom. The van der Waals surface area contributed by atoms with Crippen LogP contribution >= 0.6 is 0 Å². The Kier molecular flexibility index (Phi) is 6.28. The second-order valence-electron chi connectivity index (χ2n) is 9.34. The molecule has 182 valence electrons. The number of aryl methyl sites for hydroxylation is 1. The number of imide groups is 2. The van der Waals surface area contributed by atoms with Crippen LogP contribution in [0.5, 0.6) is 5.75 Å². The van der Waals surface area contributed by atoms with E-state index in [0.29, 0.717) is 18.0 Å². The van der Waals surface area contributed by atoms with E-state index in [4.69, 9.17) is 4.74 Å². The van der Waals surface area contributed by atoms with Gasteiger partial charge in [-0.3, -0.25) is 14.9 Å². The van der Waals surface area contributed by atoms with Crippen LogP contribution in [-0.4, -0.2) is 36.5 Å². The Bertz CT molecular complexity index is 1270. The maximum absolute atomic E-state index is 13.3. The number of hydrogen-bond acceptors (Lipinski definition) is 5. The molecule has 7 nitrogen and oxygen atoms in total. The Labute approximate surface area is 206 Å². The fraction of sp³-hybridized carbons (Fsp3) is 0.321. The van der Waals surface area contributed by atoms with Crippen molar-refractivity contribution in [3.63, 3.8) is 0 Å². The first-order valence-electron chi connectivity index (χ1n) is 11.8. The van der Waals surface area contributed by atoms with Gasteiger partial charge < -0.3 is 9.64 Å². The fourth-order valence-corrected chi connectivity index (χ4v) is 4.88. The number of ether oxygens (including phenoxy) is 1. The van der Waals surface area contributed by atoms with E-state index < -0.39 is 17.8 Å². The molecule has 0 spiro atoms. The zero-order valence-corrected chi connectivity index (χ0v) is 21.1. The molecule has 2 aromatic carbocycles. The number of rotatable bonds is 5. The van der Waals surface area contributed by atoms with Crippen LogP contribution in [0.2, 0.25) is 0 Å². The lowest BCUT2D eigenvalue weighted by Crippen LogP contribution is -2.54. The standard InChI is InChI=1S/C28H31N3O4/c1-7-30-24-13-17(3)19(14-22(24)18(4)16-28(30,5)6)15-23-25(32)29-27(34)31(26(23)33)20-9-11-21(12-10-20)35-8-2/h9-16H,7-8H2,1-6H3,(H,29,32,34)/b23-15-. The van der Waals surface area contributed by atoms with Crippen LogP contribution in [0.15, 0.2) is 48.0 Å². The van der Waals surface area contributed by atoms with E-state index in [0.717, 1.165) is 39.4 Å². The number of amides is 4. The van der Waals surface area contributed by atoms with Crippen LogP contribution in [0, 0.1) is 6.92 Å². The second-order valence-corrected chi connectivity index (χ2v) is 9.34. The molecule has 0 unspecified atom stereocenters. The third-order valence-electron chi connectivity index (χ3n) is 6.49. The second kappa shape index (κ2) is 9.06. The van der Waals surface area contributed by atoms with Crippen LogP contribution in [0.3, 0.4) is 0 Å². The summed E-state index contributed by atoms with van der Waals surface area (Å²) in [4.78, 5) is 41.9. The number of likely N-dealkylation sites (N-methyl/N-ethyl adjacent to an activating group) is 1. The van der Waals surface area contributed by atoms with E-state index in [-0.39, 0.29) is 11.1 Å². The predicted octanol–water partition coefficient (Wildman–Crippen LogP) is 5.08. The van der Waals surface area contributed by atoms with Crippen molar-refractivity contribution in [3.8, 4) is 5.75 Å². The average molecular weight is 474 g/mol. The lowest BCUT2D eigenvalue weighted by Gasteiger charge is -2.43. The fourth-order valence-electron chi connectivity index (χ4n) is 4.88. The quantitative estimate of drug-likeness (QED) is 0.484. The Morgan fingerprint density at radius 1 is 1.03 bits per heavy atom. The van der Waals surface area contributed by atoms with Gasteiger partial charge in [-0.25, -0.2) is 9.69 Å². The number of nitrogens with one attached hydrogen (secondary N) is 1. The number of carbonyl (C=O) groups is 3. The van der Waals surface area contributed by atoms with E-state index in [1.807, 2.05) is 19.9 Å². The molecule has 1 saturated heterocycles. The highest BCUT2D eigenvalue weighted by atomic mass is 16.5. The van der Waals surface area contributed by atoms with Gasteiger partial charge in [-0.1, -0.05) is 6.08 Å². The molecule has 1 N–H and O–H groups in total. The Morgan fingerprint density at radius 3 is 2.34 bits per heavy atom. The van der Waals surface area contributed by atoms with Gasteiger partial charge in [-0.05, 0) is 101 Å². The first kappa shape index (κ1) is 24.3. The van der Waals surface area contributed by atoms with Crippen molar-refractivity contribution in [1.29, 1.82) is 0 Å². The molecule has 0 saturated carbocycles. The summed E-state index contributed by atoms with van der Waals surface area (Å²) < 4.78 is 5.44. The third-order valence-corrected chi connectivity index (χ3v) is 6.49. The van der Waals surface area contributed by atoms with Crippen molar-refractivity contribution in [1.82, 2.24) is 5.32 Å². The number of hydrogen-bond donors (Lipinski definition) is 1. The summed E-state index contributed by atoms with van der Waals surface area (Å²) in [6.45, 7) is 13.8. The summed E-state index contributed by atoms with van der Waals surface area (Å²) in [5, 5.41) is 2.29. The summed E-state index contributed by atoms with van der Waals surface area (Å²) in [7, 11) is 0. The molecule has 0 aromatic heterocycles. The highest BCUT2D eigenvalue weighted by Crippen LogP contribution is 2.40. The molecule has 0 aliphatic carbocycles. The van der Waals surface area contributed by atoms with Gasteiger partial charge >= 0.3 is 6.03 Å². The van der Waals surface area contributed by atoms with E-state index in [2.05, 4.69) is 50.1 Å². The van der Waals surface area contributed by atoms with E-state index in [1.165, 1.54) is 0 Å². The number of nitrogens with zero attached hydrogens (tertiary/aromatic N) is 2. The van der Waals surface area contributed by atoms with Crippen molar-refractivity contribution in [2.75, 3.05) is 23.0 Å². The van der Waals surface area contributed by atoms with Crippen LogP contribution < -0.4 is 19.9 Å². The van der Waals surface area contributed by atoms with Crippen LogP contribution in [0.1, 0.15) is 51.3 Å². The molecule has 4 amide bonds. The summed E-state index contributed by atoms with van der Waals surface area (Å²) >= 11 is 0. The van der Waals surface area contributed by atoms with E-state index in [1.54, 1.807) is 30.3 Å². The van der Waals surface area contributed by atoms with Gasteiger partial charge in [0.1, 0.15) is 11.3 Å². The van der Waals surface area contributed by atoms with Gasteiger partial charge in [0.25, 0.3) is 11.8 Å². The average Bonchev–Trinajstić information content (AvgIpc) is 2.78.